The first-order valence-corrected chi connectivity index (χ1v) is 7.41. The van der Waals surface area contributed by atoms with Crippen molar-refractivity contribution in [2.45, 2.75) is 37.5 Å². The van der Waals surface area contributed by atoms with E-state index in [1.54, 1.807) is 19.1 Å². The number of carbonyl (C=O) groups excluding carboxylic acids is 1. The number of ether oxygens (including phenoxy) is 1. The highest BCUT2D eigenvalue weighted by Gasteiger charge is 2.44. The summed E-state index contributed by atoms with van der Waals surface area (Å²) in [5.41, 5.74) is 0.590. The van der Waals surface area contributed by atoms with Crippen LogP contribution < -0.4 is 4.74 Å². The van der Waals surface area contributed by atoms with Gasteiger partial charge in [0.2, 0.25) is 5.91 Å². The van der Waals surface area contributed by atoms with Crippen molar-refractivity contribution in [1.82, 2.24) is 4.90 Å². The van der Waals surface area contributed by atoms with Crippen LogP contribution >= 0.6 is 0 Å². The number of nitrogens with zero attached hydrogens (tertiary/aromatic N) is 2. The highest BCUT2D eigenvalue weighted by atomic mass is 16.5. The Kier molecular flexibility index (Phi) is 4.85. The zero-order chi connectivity index (χ0) is 15.3. The zero-order valence-electron chi connectivity index (χ0n) is 12.8. The molecule has 1 saturated carbocycles. The first kappa shape index (κ1) is 15.4. The van der Waals surface area contributed by atoms with Crippen molar-refractivity contribution in [1.29, 1.82) is 5.26 Å². The van der Waals surface area contributed by atoms with E-state index in [1.165, 1.54) is 0 Å². The van der Waals surface area contributed by atoms with Crippen LogP contribution in [-0.4, -0.2) is 31.5 Å². The summed E-state index contributed by atoms with van der Waals surface area (Å²) in [5.74, 6) is 0.912. The lowest BCUT2D eigenvalue weighted by Gasteiger charge is -2.33. The van der Waals surface area contributed by atoms with E-state index in [9.17, 15) is 4.79 Å². The maximum absolute atomic E-state index is 12.9. The van der Waals surface area contributed by atoms with Gasteiger partial charge in [0.05, 0.1) is 25.0 Å². The van der Waals surface area contributed by atoms with Crippen LogP contribution in [0.25, 0.3) is 0 Å². The Hall–Kier alpha value is -2.02. The summed E-state index contributed by atoms with van der Waals surface area (Å²) < 4.78 is 5.30. The normalized spacial score (nSPS) is 16.2. The minimum Gasteiger partial charge on any atom is -0.497 e. The Bertz CT molecular complexity index is 542. The van der Waals surface area contributed by atoms with Crippen molar-refractivity contribution in [2.75, 3.05) is 20.7 Å². The molecule has 0 saturated heterocycles. The average molecular weight is 286 g/mol. The predicted molar refractivity (Wildman–Crippen MR) is 81.0 cm³/mol. The van der Waals surface area contributed by atoms with E-state index in [-0.39, 0.29) is 5.91 Å². The minimum absolute atomic E-state index is 0.128. The van der Waals surface area contributed by atoms with Crippen LogP contribution in [0.2, 0.25) is 0 Å². The van der Waals surface area contributed by atoms with Gasteiger partial charge in [0.25, 0.3) is 0 Å². The number of likely N-dealkylation sites (N-methyl/N-ethyl adjacent to an activating group) is 1. The molecule has 0 aromatic heterocycles. The standard InChI is InChI=1S/C17H22N2O2/c1-19(12-6-11-18)16(20)17(9-3-4-10-17)14-7-5-8-15(13-14)21-2/h5,7-8,13H,3-4,6,9-10,12H2,1-2H3. The van der Waals surface area contributed by atoms with Crippen molar-refractivity contribution >= 4 is 5.91 Å². The zero-order valence-corrected chi connectivity index (χ0v) is 12.8. The fourth-order valence-corrected chi connectivity index (χ4v) is 3.21. The Balaban J connectivity index is 2.32. The van der Waals surface area contributed by atoms with E-state index in [0.717, 1.165) is 37.0 Å². The molecule has 2 rings (SSSR count). The fourth-order valence-electron chi connectivity index (χ4n) is 3.21. The van der Waals surface area contributed by atoms with Gasteiger partial charge in [0.15, 0.2) is 0 Å². The largest absolute Gasteiger partial charge is 0.497 e. The van der Waals surface area contributed by atoms with Crippen molar-refractivity contribution in [3.8, 4) is 11.8 Å². The number of rotatable bonds is 5. The van der Waals surface area contributed by atoms with Gasteiger partial charge < -0.3 is 9.64 Å². The van der Waals surface area contributed by atoms with E-state index in [1.807, 2.05) is 24.3 Å². The molecule has 0 radical (unpaired) electrons. The number of nitriles is 1. The minimum atomic E-state index is -0.446. The second kappa shape index (κ2) is 6.62. The summed E-state index contributed by atoms with van der Waals surface area (Å²) in [5, 5.41) is 8.71. The van der Waals surface area contributed by atoms with Gasteiger partial charge in [-0.2, -0.15) is 5.26 Å². The molecule has 1 aromatic rings. The summed E-state index contributed by atoms with van der Waals surface area (Å²) in [6, 6.07) is 9.93. The van der Waals surface area contributed by atoms with Crippen LogP contribution in [-0.2, 0) is 10.2 Å². The van der Waals surface area contributed by atoms with Gasteiger partial charge in [0.1, 0.15) is 5.75 Å². The van der Waals surface area contributed by atoms with Crippen molar-refractivity contribution in [3.63, 3.8) is 0 Å². The highest BCUT2D eigenvalue weighted by molar-refractivity contribution is 5.88. The molecule has 1 fully saturated rings. The second-order valence-electron chi connectivity index (χ2n) is 5.66. The van der Waals surface area contributed by atoms with Crippen molar-refractivity contribution in [3.05, 3.63) is 29.8 Å². The molecule has 4 nitrogen and oxygen atoms in total. The summed E-state index contributed by atoms with van der Waals surface area (Å²) in [6.45, 7) is 0.487. The first-order chi connectivity index (χ1) is 10.1. The quantitative estimate of drug-likeness (QED) is 0.836. The van der Waals surface area contributed by atoms with Crippen LogP contribution in [0.5, 0.6) is 5.75 Å². The molecule has 0 spiro atoms. The van der Waals surface area contributed by atoms with Crippen LogP contribution in [0.15, 0.2) is 24.3 Å². The molecule has 0 aliphatic heterocycles. The molecular formula is C17H22N2O2. The van der Waals surface area contributed by atoms with E-state index in [0.29, 0.717) is 13.0 Å². The van der Waals surface area contributed by atoms with Gasteiger partial charge in [-0.1, -0.05) is 25.0 Å². The Morgan fingerprint density at radius 1 is 1.43 bits per heavy atom. The third-order valence-corrected chi connectivity index (χ3v) is 4.39. The highest BCUT2D eigenvalue weighted by Crippen LogP contribution is 2.43. The lowest BCUT2D eigenvalue weighted by Crippen LogP contribution is -2.44. The summed E-state index contributed by atoms with van der Waals surface area (Å²) in [7, 11) is 3.43. The van der Waals surface area contributed by atoms with Gasteiger partial charge in [-0.3, -0.25) is 4.79 Å². The van der Waals surface area contributed by atoms with Gasteiger partial charge in [-0.25, -0.2) is 0 Å². The lowest BCUT2D eigenvalue weighted by molar-refractivity contribution is -0.136. The first-order valence-electron chi connectivity index (χ1n) is 7.41. The Morgan fingerprint density at radius 2 is 2.14 bits per heavy atom. The van der Waals surface area contributed by atoms with Gasteiger partial charge >= 0.3 is 0 Å². The molecule has 1 aliphatic carbocycles. The molecule has 0 atom stereocenters. The van der Waals surface area contributed by atoms with Crippen LogP contribution in [0.3, 0.4) is 0 Å². The monoisotopic (exact) mass is 286 g/mol. The van der Waals surface area contributed by atoms with Crippen LogP contribution in [0.4, 0.5) is 0 Å². The maximum Gasteiger partial charge on any atom is 0.232 e. The van der Waals surface area contributed by atoms with E-state index >= 15 is 0 Å². The molecule has 0 bridgehead atoms. The van der Waals surface area contributed by atoms with E-state index in [4.69, 9.17) is 10.00 Å². The van der Waals surface area contributed by atoms with E-state index in [2.05, 4.69) is 6.07 Å². The molecule has 1 aliphatic rings. The maximum atomic E-state index is 12.9. The number of carbonyl (C=O) groups is 1. The molecule has 1 amide bonds. The molecule has 21 heavy (non-hydrogen) atoms. The molecule has 112 valence electrons. The topological polar surface area (TPSA) is 53.3 Å². The number of methoxy groups -OCH3 is 1. The molecule has 0 heterocycles. The molecule has 0 N–H and O–H groups in total. The average Bonchev–Trinajstić information content (AvgIpc) is 3.02. The molecule has 4 heteroatoms. The SMILES string of the molecule is COc1cccc(C2(C(=O)N(C)CCC#N)CCCC2)c1. The summed E-state index contributed by atoms with van der Waals surface area (Å²) in [6.07, 6.45) is 4.24. The van der Waals surface area contributed by atoms with Gasteiger partial charge in [0, 0.05) is 13.6 Å². The Labute approximate surface area is 126 Å². The molecule has 1 aromatic carbocycles. The lowest BCUT2D eigenvalue weighted by atomic mass is 9.77. The number of hydrogen-bond donors (Lipinski definition) is 0. The summed E-state index contributed by atoms with van der Waals surface area (Å²) >= 11 is 0. The second-order valence-corrected chi connectivity index (χ2v) is 5.66. The fraction of sp³-hybridized carbons (Fsp3) is 0.529. The Morgan fingerprint density at radius 3 is 2.76 bits per heavy atom. The van der Waals surface area contributed by atoms with Crippen molar-refractivity contribution < 1.29 is 9.53 Å². The number of hydrogen-bond acceptors (Lipinski definition) is 3. The third kappa shape index (κ3) is 3.02. The third-order valence-electron chi connectivity index (χ3n) is 4.39. The molecule has 0 unspecified atom stereocenters. The predicted octanol–water partition coefficient (Wildman–Crippen LogP) is 2.88. The van der Waals surface area contributed by atoms with Gasteiger partial charge in [-0.05, 0) is 30.5 Å². The van der Waals surface area contributed by atoms with Gasteiger partial charge in [-0.15, -0.1) is 0 Å². The van der Waals surface area contributed by atoms with E-state index < -0.39 is 5.41 Å². The number of benzene rings is 1. The molecular weight excluding hydrogens is 264 g/mol. The smallest absolute Gasteiger partial charge is 0.232 e. The van der Waals surface area contributed by atoms with Crippen LogP contribution in [0.1, 0.15) is 37.7 Å². The number of amides is 1. The van der Waals surface area contributed by atoms with Crippen LogP contribution in [0, 0.1) is 11.3 Å². The summed E-state index contributed by atoms with van der Waals surface area (Å²) in [4.78, 5) is 14.7. The van der Waals surface area contributed by atoms with Crippen molar-refractivity contribution in [2.24, 2.45) is 0 Å².